The number of nitrogens with one attached hydrogen (secondary N) is 2. The lowest BCUT2D eigenvalue weighted by Crippen LogP contribution is -2.17. The number of H-pyrrole nitrogens is 1. The van der Waals surface area contributed by atoms with Crippen LogP contribution in [-0.2, 0) is 26.4 Å². The third kappa shape index (κ3) is 3.17. The van der Waals surface area contributed by atoms with E-state index in [-0.39, 0.29) is 0 Å². The highest BCUT2D eigenvalue weighted by molar-refractivity contribution is 5.16. The number of rotatable bonds is 6. The van der Waals surface area contributed by atoms with E-state index in [1.54, 1.807) is 6.20 Å². The highest BCUT2D eigenvalue weighted by atomic mass is 15.3. The van der Waals surface area contributed by atoms with Crippen LogP contribution in [0.3, 0.4) is 0 Å². The molecular formula is C12H19N5. The Kier molecular flexibility index (Phi) is 3.93. The monoisotopic (exact) mass is 233 g/mol. The Morgan fingerprint density at radius 3 is 3.06 bits per heavy atom. The van der Waals surface area contributed by atoms with Crippen LogP contribution < -0.4 is 5.32 Å². The predicted molar refractivity (Wildman–Crippen MR) is 66.6 cm³/mol. The number of hydrogen-bond acceptors (Lipinski definition) is 3. The quantitative estimate of drug-likeness (QED) is 0.733. The first kappa shape index (κ1) is 11.9. The van der Waals surface area contributed by atoms with Crippen LogP contribution in [0.2, 0.25) is 0 Å². The zero-order valence-electron chi connectivity index (χ0n) is 10.4. The standard InChI is InChI=1S/C12H19N5/c1-3-11-10(9-17(2)16-11)8-13-5-4-12-14-6-7-15-12/h6-7,9,13H,3-5,8H2,1-2H3,(H,14,15). The van der Waals surface area contributed by atoms with Crippen molar-refractivity contribution >= 4 is 0 Å². The molecule has 0 saturated carbocycles. The summed E-state index contributed by atoms with van der Waals surface area (Å²) in [6.45, 7) is 3.93. The van der Waals surface area contributed by atoms with E-state index in [1.165, 1.54) is 11.3 Å². The molecule has 0 radical (unpaired) electrons. The van der Waals surface area contributed by atoms with Crippen LogP contribution in [0.25, 0.3) is 0 Å². The number of aryl methyl sites for hydroxylation is 2. The second-order valence-electron chi connectivity index (χ2n) is 4.09. The van der Waals surface area contributed by atoms with Crippen molar-refractivity contribution < 1.29 is 0 Å². The summed E-state index contributed by atoms with van der Waals surface area (Å²) in [7, 11) is 1.96. The number of hydrogen-bond donors (Lipinski definition) is 2. The largest absolute Gasteiger partial charge is 0.349 e. The lowest BCUT2D eigenvalue weighted by Gasteiger charge is -2.02. The molecule has 17 heavy (non-hydrogen) atoms. The van der Waals surface area contributed by atoms with Gasteiger partial charge in [-0.15, -0.1) is 0 Å². The van der Waals surface area contributed by atoms with Gasteiger partial charge in [-0.1, -0.05) is 6.92 Å². The first-order valence-electron chi connectivity index (χ1n) is 6.00. The summed E-state index contributed by atoms with van der Waals surface area (Å²) in [4.78, 5) is 7.28. The molecule has 0 atom stereocenters. The molecule has 0 aromatic carbocycles. The normalized spacial score (nSPS) is 10.9. The first-order chi connectivity index (χ1) is 8.29. The molecule has 5 nitrogen and oxygen atoms in total. The summed E-state index contributed by atoms with van der Waals surface area (Å²) >= 11 is 0. The lowest BCUT2D eigenvalue weighted by atomic mass is 10.2. The molecule has 5 heteroatoms. The molecule has 92 valence electrons. The molecular weight excluding hydrogens is 214 g/mol. The minimum Gasteiger partial charge on any atom is -0.349 e. The van der Waals surface area contributed by atoms with Gasteiger partial charge in [0.15, 0.2) is 0 Å². The van der Waals surface area contributed by atoms with Crippen molar-refractivity contribution in [2.45, 2.75) is 26.3 Å². The number of imidazole rings is 1. The third-order valence-corrected chi connectivity index (χ3v) is 2.74. The fourth-order valence-electron chi connectivity index (χ4n) is 1.89. The van der Waals surface area contributed by atoms with Crippen LogP contribution >= 0.6 is 0 Å². The molecule has 2 aromatic rings. The maximum atomic E-state index is 4.42. The van der Waals surface area contributed by atoms with Crippen molar-refractivity contribution in [1.82, 2.24) is 25.1 Å². The molecule has 0 unspecified atom stereocenters. The van der Waals surface area contributed by atoms with Gasteiger partial charge in [0, 0.05) is 50.7 Å². The molecule has 0 aliphatic carbocycles. The van der Waals surface area contributed by atoms with E-state index in [2.05, 4.69) is 33.5 Å². The van der Waals surface area contributed by atoms with Crippen LogP contribution in [0.4, 0.5) is 0 Å². The van der Waals surface area contributed by atoms with Crippen LogP contribution in [0, 0.1) is 0 Å². The topological polar surface area (TPSA) is 58.5 Å². The Morgan fingerprint density at radius 2 is 2.35 bits per heavy atom. The molecule has 2 aromatic heterocycles. The molecule has 0 bridgehead atoms. The fraction of sp³-hybridized carbons (Fsp3) is 0.500. The van der Waals surface area contributed by atoms with E-state index in [0.29, 0.717) is 0 Å². The van der Waals surface area contributed by atoms with Gasteiger partial charge in [0.2, 0.25) is 0 Å². The predicted octanol–water partition coefficient (Wildman–Crippen LogP) is 1.04. The zero-order chi connectivity index (χ0) is 12.1. The molecule has 0 amide bonds. The van der Waals surface area contributed by atoms with Gasteiger partial charge in [-0.25, -0.2) is 4.98 Å². The van der Waals surface area contributed by atoms with Crippen molar-refractivity contribution in [3.63, 3.8) is 0 Å². The van der Waals surface area contributed by atoms with Crippen molar-refractivity contribution in [2.75, 3.05) is 6.54 Å². The van der Waals surface area contributed by atoms with Gasteiger partial charge in [0.1, 0.15) is 5.82 Å². The second kappa shape index (κ2) is 5.63. The Labute approximate surface area is 101 Å². The molecule has 2 N–H and O–H groups in total. The van der Waals surface area contributed by atoms with Crippen molar-refractivity contribution in [2.24, 2.45) is 7.05 Å². The Morgan fingerprint density at radius 1 is 1.47 bits per heavy atom. The average Bonchev–Trinajstić information content (AvgIpc) is 2.93. The van der Waals surface area contributed by atoms with E-state index >= 15 is 0 Å². The van der Waals surface area contributed by atoms with Gasteiger partial charge in [-0.2, -0.15) is 5.10 Å². The number of aromatic nitrogens is 4. The molecule has 0 aliphatic rings. The van der Waals surface area contributed by atoms with E-state index in [9.17, 15) is 0 Å². The van der Waals surface area contributed by atoms with Crippen molar-refractivity contribution in [1.29, 1.82) is 0 Å². The summed E-state index contributed by atoms with van der Waals surface area (Å²) in [5.41, 5.74) is 2.47. The first-order valence-corrected chi connectivity index (χ1v) is 6.00. The van der Waals surface area contributed by atoms with Crippen molar-refractivity contribution in [3.8, 4) is 0 Å². The van der Waals surface area contributed by atoms with Crippen LogP contribution in [0.1, 0.15) is 24.0 Å². The smallest absolute Gasteiger partial charge is 0.107 e. The Bertz CT molecular complexity index is 443. The average molecular weight is 233 g/mol. The van der Waals surface area contributed by atoms with E-state index < -0.39 is 0 Å². The lowest BCUT2D eigenvalue weighted by molar-refractivity contribution is 0.670. The maximum Gasteiger partial charge on any atom is 0.107 e. The summed E-state index contributed by atoms with van der Waals surface area (Å²) in [6.07, 6.45) is 7.63. The van der Waals surface area contributed by atoms with Crippen LogP contribution in [0.15, 0.2) is 18.6 Å². The third-order valence-electron chi connectivity index (χ3n) is 2.74. The Hall–Kier alpha value is -1.62. The fourth-order valence-corrected chi connectivity index (χ4v) is 1.89. The summed E-state index contributed by atoms with van der Waals surface area (Å²) < 4.78 is 1.88. The molecule has 0 saturated heterocycles. The van der Waals surface area contributed by atoms with Crippen molar-refractivity contribution in [3.05, 3.63) is 35.7 Å². The molecule has 2 rings (SSSR count). The van der Waals surface area contributed by atoms with E-state index in [0.717, 1.165) is 31.8 Å². The second-order valence-corrected chi connectivity index (χ2v) is 4.09. The maximum absolute atomic E-state index is 4.42. The summed E-state index contributed by atoms with van der Waals surface area (Å²) in [5.74, 6) is 1.03. The molecule has 0 aliphatic heterocycles. The minimum absolute atomic E-state index is 0.873. The minimum atomic E-state index is 0.873. The Balaban J connectivity index is 1.77. The molecule has 2 heterocycles. The number of aromatic amines is 1. The molecule has 0 spiro atoms. The van der Waals surface area contributed by atoms with Gasteiger partial charge >= 0.3 is 0 Å². The van der Waals surface area contributed by atoms with Gasteiger partial charge in [-0.05, 0) is 6.42 Å². The van der Waals surface area contributed by atoms with Gasteiger partial charge < -0.3 is 10.3 Å². The van der Waals surface area contributed by atoms with Gasteiger partial charge in [-0.3, -0.25) is 4.68 Å². The van der Waals surface area contributed by atoms with Crippen LogP contribution in [-0.4, -0.2) is 26.3 Å². The summed E-state index contributed by atoms with van der Waals surface area (Å²) in [5, 5.41) is 7.83. The number of nitrogens with zero attached hydrogens (tertiary/aromatic N) is 3. The molecule has 0 fully saturated rings. The zero-order valence-corrected chi connectivity index (χ0v) is 10.4. The van der Waals surface area contributed by atoms with E-state index in [1.807, 2.05) is 17.9 Å². The van der Waals surface area contributed by atoms with E-state index in [4.69, 9.17) is 0 Å². The summed E-state index contributed by atoms with van der Waals surface area (Å²) in [6, 6.07) is 0. The highest BCUT2D eigenvalue weighted by Gasteiger charge is 2.04. The SMILES string of the molecule is CCc1nn(C)cc1CNCCc1ncc[nH]1. The van der Waals surface area contributed by atoms with Crippen LogP contribution in [0.5, 0.6) is 0 Å². The van der Waals surface area contributed by atoms with Gasteiger partial charge in [0.25, 0.3) is 0 Å². The highest BCUT2D eigenvalue weighted by Crippen LogP contribution is 2.06. The van der Waals surface area contributed by atoms with Gasteiger partial charge in [0.05, 0.1) is 5.69 Å².